The van der Waals surface area contributed by atoms with E-state index in [4.69, 9.17) is 9.84 Å². The maximum Gasteiger partial charge on any atom is 0.307 e. The summed E-state index contributed by atoms with van der Waals surface area (Å²) in [5.41, 5.74) is 0. The lowest BCUT2D eigenvalue weighted by Crippen LogP contribution is -2.50. The fourth-order valence-corrected chi connectivity index (χ4v) is 3.51. The molecule has 2 aliphatic rings. The predicted octanol–water partition coefficient (Wildman–Crippen LogP) is 0.386. The molecule has 0 saturated heterocycles. The van der Waals surface area contributed by atoms with Gasteiger partial charge in [0, 0.05) is 18.8 Å². The molecule has 0 heterocycles. The van der Waals surface area contributed by atoms with Gasteiger partial charge in [-0.3, -0.25) is 9.59 Å². The molecule has 0 bridgehead atoms. The first kappa shape index (κ1) is 15.3. The van der Waals surface area contributed by atoms with Crippen molar-refractivity contribution in [2.45, 2.75) is 58.0 Å². The molecule has 114 valence electrons. The van der Waals surface area contributed by atoms with Gasteiger partial charge in [0.2, 0.25) is 5.91 Å². The molecule has 6 atom stereocenters. The first-order valence-electron chi connectivity index (χ1n) is 7.25. The van der Waals surface area contributed by atoms with Gasteiger partial charge in [0.25, 0.3) is 0 Å². The Morgan fingerprint density at radius 1 is 1.25 bits per heavy atom. The van der Waals surface area contributed by atoms with Crippen LogP contribution in [-0.2, 0) is 14.3 Å². The monoisotopic (exact) mass is 285 g/mol. The molecular weight excluding hydrogens is 262 g/mol. The van der Waals surface area contributed by atoms with E-state index in [1.54, 1.807) is 0 Å². The van der Waals surface area contributed by atoms with Crippen molar-refractivity contribution in [1.29, 1.82) is 0 Å². The number of nitrogens with one attached hydrogen (secondary N) is 1. The molecule has 2 rings (SSSR count). The lowest BCUT2D eigenvalue weighted by atomic mass is 10.0. The van der Waals surface area contributed by atoms with Gasteiger partial charge in [-0.1, -0.05) is 13.8 Å². The normalized spacial score (nSPS) is 38.6. The molecule has 0 unspecified atom stereocenters. The first-order chi connectivity index (χ1) is 9.42. The van der Waals surface area contributed by atoms with Crippen molar-refractivity contribution in [3.05, 3.63) is 0 Å². The molecular formula is C14H23NO5. The largest absolute Gasteiger partial charge is 0.481 e. The molecule has 2 aliphatic carbocycles. The highest BCUT2D eigenvalue weighted by molar-refractivity contribution is 5.76. The zero-order valence-electron chi connectivity index (χ0n) is 12.1. The van der Waals surface area contributed by atoms with Gasteiger partial charge in [-0.2, -0.15) is 0 Å². The molecule has 0 aliphatic heterocycles. The topological polar surface area (TPSA) is 95.9 Å². The second kappa shape index (κ2) is 5.69. The maximum atomic E-state index is 11.3. The fourth-order valence-electron chi connectivity index (χ4n) is 3.51. The van der Waals surface area contributed by atoms with Crippen LogP contribution < -0.4 is 5.32 Å². The van der Waals surface area contributed by atoms with Crippen LogP contribution in [0.4, 0.5) is 0 Å². The van der Waals surface area contributed by atoms with Gasteiger partial charge in [-0.15, -0.1) is 0 Å². The van der Waals surface area contributed by atoms with E-state index >= 15 is 0 Å². The van der Waals surface area contributed by atoms with Crippen LogP contribution in [0.1, 0.15) is 33.6 Å². The van der Waals surface area contributed by atoms with E-state index in [0.717, 1.165) is 12.8 Å². The minimum Gasteiger partial charge on any atom is -0.481 e. The van der Waals surface area contributed by atoms with Gasteiger partial charge in [0.15, 0.2) is 0 Å². The minimum atomic E-state index is -0.890. The highest BCUT2D eigenvalue weighted by atomic mass is 16.5. The van der Waals surface area contributed by atoms with Crippen molar-refractivity contribution in [3.8, 4) is 0 Å². The lowest BCUT2D eigenvalue weighted by Gasteiger charge is -2.30. The number of carbonyl (C=O) groups excluding carboxylic acids is 1. The number of rotatable bonds is 6. The summed E-state index contributed by atoms with van der Waals surface area (Å²) in [4.78, 5) is 22.4. The Kier molecular flexibility index (Phi) is 4.34. The highest BCUT2D eigenvalue weighted by Gasteiger charge is 2.70. The van der Waals surface area contributed by atoms with Crippen LogP contribution in [0.25, 0.3) is 0 Å². The van der Waals surface area contributed by atoms with E-state index in [-0.39, 0.29) is 23.8 Å². The van der Waals surface area contributed by atoms with Gasteiger partial charge in [0.05, 0.1) is 30.3 Å². The summed E-state index contributed by atoms with van der Waals surface area (Å²) >= 11 is 0. The summed E-state index contributed by atoms with van der Waals surface area (Å²) in [5, 5.41) is 22.1. The average Bonchev–Trinajstić information content (AvgIpc) is 3.06. The SMILES string of the molecule is CCC(CC)O[C@H]1[C@H](NC(C)=O)[C@H](O)[C@@H]2[C@@H](C(=O)O)[C@H]12. The van der Waals surface area contributed by atoms with E-state index in [9.17, 15) is 14.7 Å². The number of amides is 1. The Hall–Kier alpha value is -1.14. The number of hydrogen-bond donors (Lipinski definition) is 3. The number of fused-ring (bicyclic) bond motifs is 1. The van der Waals surface area contributed by atoms with E-state index in [1.807, 2.05) is 13.8 Å². The maximum absolute atomic E-state index is 11.3. The van der Waals surface area contributed by atoms with Crippen molar-refractivity contribution >= 4 is 11.9 Å². The highest BCUT2D eigenvalue weighted by Crippen LogP contribution is 2.58. The molecule has 0 spiro atoms. The Morgan fingerprint density at radius 2 is 1.85 bits per heavy atom. The summed E-state index contributed by atoms with van der Waals surface area (Å²) in [6.45, 7) is 5.40. The molecule has 20 heavy (non-hydrogen) atoms. The van der Waals surface area contributed by atoms with Crippen LogP contribution in [0.5, 0.6) is 0 Å². The summed E-state index contributed by atoms with van der Waals surface area (Å²) in [5.74, 6) is -2.17. The Bertz CT molecular complexity index is 395. The van der Waals surface area contributed by atoms with Crippen LogP contribution in [0.15, 0.2) is 0 Å². The number of hydrogen-bond acceptors (Lipinski definition) is 4. The van der Waals surface area contributed by atoms with Crippen LogP contribution >= 0.6 is 0 Å². The fraction of sp³-hybridized carbons (Fsp3) is 0.857. The number of carboxylic acids is 1. The zero-order chi connectivity index (χ0) is 15.0. The molecule has 0 aromatic heterocycles. The third kappa shape index (κ3) is 2.54. The van der Waals surface area contributed by atoms with Crippen molar-refractivity contribution in [3.63, 3.8) is 0 Å². The van der Waals surface area contributed by atoms with Gasteiger partial charge in [-0.05, 0) is 12.8 Å². The smallest absolute Gasteiger partial charge is 0.307 e. The second-order valence-corrected chi connectivity index (χ2v) is 5.77. The van der Waals surface area contributed by atoms with Gasteiger partial charge >= 0.3 is 5.97 Å². The third-order valence-corrected chi connectivity index (χ3v) is 4.54. The number of carboxylic acid groups (broad SMARTS) is 1. The van der Waals surface area contributed by atoms with Crippen molar-refractivity contribution in [2.75, 3.05) is 0 Å². The van der Waals surface area contributed by atoms with E-state index in [0.29, 0.717) is 0 Å². The van der Waals surface area contributed by atoms with Crippen LogP contribution in [0, 0.1) is 17.8 Å². The average molecular weight is 285 g/mol. The lowest BCUT2D eigenvalue weighted by molar-refractivity contribution is -0.142. The van der Waals surface area contributed by atoms with E-state index < -0.39 is 30.1 Å². The van der Waals surface area contributed by atoms with Crippen molar-refractivity contribution < 1.29 is 24.5 Å². The molecule has 1 amide bonds. The quantitative estimate of drug-likeness (QED) is 0.656. The summed E-state index contributed by atoms with van der Waals surface area (Å²) in [6, 6.07) is -0.501. The Balaban J connectivity index is 2.13. The van der Waals surface area contributed by atoms with Crippen LogP contribution in [-0.4, -0.2) is 46.4 Å². The minimum absolute atomic E-state index is 0.0252. The summed E-state index contributed by atoms with van der Waals surface area (Å²) in [6.07, 6.45) is 0.419. The van der Waals surface area contributed by atoms with Crippen LogP contribution in [0.3, 0.4) is 0 Å². The number of aliphatic hydroxyl groups excluding tert-OH is 1. The first-order valence-corrected chi connectivity index (χ1v) is 7.25. The van der Waals surface area contributed by atoms with Crippen molar-refractivity contribution in [2.24, 2.45) is 17.8 Å². The van der Waals surface area contributed by atoms with Crippen LogP contribution in [0.2, 0.25) is 0 Å². The number of carbonyl (C=O) groups is 2. The molecule has 0 aromatic carbocycles. The summed E-state index contributed by atoms with van der Waals surface area (Å²) in [7, 11) is 0. The van der Waals surface area contributed by atoms with E-state index in [2.05, 4.69) is 5.32 Å². The number of aliphatic hydroxyl groups is 1. The standard InChI is InChI=1S/C14H23NO5/c1-4-7(5-2)20-13-9-8(10(9)14(18)19)12(17)11(13)15-6(3)16/h7-13,17H,4-5H2,1-3H3,(H,15,16)(H,18,19)/t8-,9+,10+,11+,12+,13+/m0/s1. The summed E-state index contributed by atoms with van der Waals surface area (Å²) < 4.78 is 5.99. The predicted molar refractivity (Wildman–Crippen MR) is 71.0 cm³/mol. The molecule has 6 nitrogen and oxygen atoms in total. The molecule has 0 aromatic rings. The second-order valence-electron chi connectivity index (χ2n) is 5.77. The van der Waals surface area contributed by atoms with Crippen molar-refractivity contribution in [1.82, 2.24) is 5.32 Å². The zero-order valence-corrected chi connectivity index (χ0v) is 12.1. The molecule has 2 fully saturated rings. The third-order valence-electron chi connectivity index (χ3n) is 4.54. The van der Waals surface area contributed by atoms with Gasteiger partial charge in [0.1, 0.15) is 0 Å². The molecule has 6 heteroatoms. The van der Waals surface area contributed by atoms with Gasteiger partial charge in [-0.25, -0.2) is 0 Å². The molecule has 0 radical (unpaired) electrons. The molecule has 2 saturated carbocycles. The number of aliphatic carboxylic acids is 1. The molecule has 3 N–H and O–H groups in total. The van der Waals surface area contributed by atoms with E-state index in [1.165, 1.54) is 6.92 Å². The van der Waals surface area contributed by atoms with Gasteiger partial charge < -0.3 is 20.3 Å². The Morgan fingerprint density at radius 3 is 2.30 bits per heavy atom. The number of ether oxygens (including phenoxy) is 1. The Labute approximate surface area is 118 Å².